The van der Waals surface area contributed by atoms with Crippen LogP contribution in [0.3, 0.4) is 0 Å². The van der Waals surface area contributed by atoms with E-state index in [4.69, 9.17) is 5.73 Å². The van der Waals surface area contributed by atoms with E-state index in [1.54, 1.807) is 6.92 Å². The van der Waals surface area contributed by atoms with Crippen molar-refractivity contribution < 1.29 is 4.79 Å². The van der Waals surface area contributed by atoms with Gasteiger partial charge in [0.2, 0.25) is 5.91 Å². The zero-order valence-electron chi connectivity index (χ0n) is 12.1. The first-order valence-corrected chi connectivity index (χ1v) is 7.62. The van der Waals surface area contributed by atoms with E-state index >= 15 is 0 Å². The largest absolute Gasteiger partial charge is 0.348 e. The van der Waals surface area contributed by atoms with Crippen LogP contribution in [0.1, 0.15) is 31.0 Å². The Hall–Kier alpha value is -1.65. The number of nitrogens with two attached hydrogens (primary N) is 1. The fourth-order valence-corrected chi connectivity index (χ4v) is 2.79. The van der Waals surface area contributed by atoms with E-state index < -0.39 is 5.54 Å². The van der Waals surface area contributed by atoms with Crippen LogP contribution in [0, 0.1) is 0 Å². The van der Waals surface area contributed by atoms with Crippen molar-refractivity contribution >= 4 is 21.8 Å². The maximum atomic E-state index is 12.5. The first-order chi connectivity index (χ1) is 9.93. The van der Waals surface area contributed by atoms with Gasteiger partial charge in [-0.15, -0.1) is 0 Å². The Morgan fingerprint density at radius 1 is 1.14 bits per heavy atom. The van der Waals surface area contributed by atoms with E-state index in [1.807, 2.05) is 61.5 Å². The number of nitrogens with one attached hydrogen (secondary N) is 1. The Kier molecular flexibility index (Phi) is 4.80. The number of carbonyl (C=O) groups is 1. The molecule has 2 aromatic rings. The van der Waals surface area contributed by atoms with Gasteiger partial charge in [-0.25, -0.2) is 0 Å². The summed E-state index contributed by atoms with van der Waals surface area (Å²) in [7, 11) is 0. The van der Waals surface area contributed by atoms with E-state index in [9.17, 15) is 4.79 Å². The molecule has 3 nitrogen and oxygen atoms in total. The fraction of sp³-hybridized carbons (Fsp3) is 0.235. The Balaban J connectivity index is 2.16. The van der Waals surface area contributed by atoms with Crippen LogP contribution in [-0.2, 0) is 10.3 Å². The summed E-state index contributed by atoms with van der Waals surface area (Å²) < 4.78 is 0.969. The van der Waals surface area contributed by atoms with Crippen LogP contribution in [0.25, 0.3) is 0 Å². The lowest BCUT2D eigenvalue weighted by Gasteiger charge is -2.27. The second-order valence-corrected chi connectivity index (χ2v) is 6.14. The van der Waals surface area contributed by atoms with Crippen molar-refractivity contribution in [1.82, 2.24) is 5.32 Å². The van der Waals surface area contributed by atoms with Gasteiger partial charge in [-0.05, 0) is 31.0 Å². The van der Waals surface area contributed by atoms with Crippen LogP contribution in [0.4, 0.5) is 0 Å². The average Bonchev–Trinajstić information content (AvgIpc) is 2.48. The molecule has 0 heterocycles. The summed E-state index contributed by atoms with van der Waals surface area (Å²) in [5.74, 6) is -0.197. The maximum Gasteiger partial charge on any atom is 0.244 e. The molecule has 110 valence electrons. The molecule has 0 radical (unpaired) electrons. The molecular formula is C17H19BrN2O. The molecule has 2 rings (SSSR count). The molecule has 3 N–H and O–H groups in total. The Morgan fingerprint density at radius 3 is 2.33 bits per heavy atom. The summed E-state index contributed by atoms with van der Waals surface area (Å²) in [6, 6.07) is 17.1. The zero-order chi connectivity index (χ0) is 15.5. The Bertz CT molecular complexity index is 626. The number of amides is 1. The quantitative estimate of drug-likeness (QED) is 0.889. The van der Waals surface area contributed by atoms with E-state index in [-0.39, 0.29) is 11.9 Å². The monoisotopic (exact) mass is 346 g/mol. The lowest BCUT2D eigenvalue weighted by molar-refractivity contribution is -0.126. The lowest BCUT2D eigenvalue weighted by Crippen LogP contribution is -2.49. The van der Waals surface area contributed by atoms with Crippen molar-refractivity contribution in [2.75, 3.05) is 0 Å². The number of hydrogen-bond acceptors (Lipinski definition) is 2. The predicted octanol–water partition coefficient (Wildman–Crippen LogP) is 3.50. The number of carbonyl (C=O) groups excluding carboxylic acids is 1. The van der Waals surface area contributed by atoms with Gasteiger partial charge in [0.25, 0.3) is 0 Å². The molecule has 0 spiro atoms. The van der Waals surface area contributed by atoms with Gasteiger partial charge >= 0.3 is 0 Å². The highest BCUT2D eigenvalue weighted by atomic mass is 79.9. The average molecular weight is 347 g/mol. The highest BCUT2D eigenvalue weighted by Gasteiger charge is 2.31. The first kappa shape index (κ1) is 15.7. The zero-order valence-corrected chi connectivity index (χ0v) is 13.7. The molecule has 1 amide bonds. The van der Waals surface area contributed by atoms with E-state index in [0.717, 1.165) is 15.6 Å². The van der Waals surface area contributed by atoms with Crippen LogP contribution in [0.15, 0.2) is 59.1 Å². The van der Waals surface area contributed by atoms with Crippen molar-refractivity contribution in [1.29, 1.82) is 0 Å². The normalized spacial score (nSPS) is 15.0. The molecule has 0 saturated carbocycles. The molecule has 2 atom stereocenters. The topological polar surface area (TPSA) is 55.1 Å². The van der Waals surface area contributed by atoms with Gasteiger partial charge in [0.05, 0.1) is 6.04 Å². The summed E-state index contributed by atoms with van der Waals surface area (Å²) in [4.78, 5) is 12.5. The van der Waals surface area contributed by atoms with Crippen LogP contribution in [0.5, 0.6) is 0 Å². The molecule has 0 saturated heterocycles. The summed E-state index contributed by atoms with van der Waals surface area (Å²) >= 11 is 3.50. The van der Waals surface area contributed by atoms with Gasteiger partial charge in [-0.1, -0.05) is 64.5 Å². The van der Waals surface area contributed by atoms with Gasteiger partial charge in [0, 0.05) is 4.47 Å². The number of rotatable bonds is 4. The molecule has 0 aliphatic heterocycles. The molecule has 2 aromatic carbocycles. The van der Waals surface area contributed by atoms with E-state index in [2.05, 4.69) is 21.2 Å². The minimum Gasteiger partial charge on any atom is -0.348 e. The third kappa shape index (κ3) is 3.52. The summed E-state index contributed by atoms with van der Waals surface area (Å²) in [5.41, 5.74) is 6.98. The number of halogens is 1. The minimum atomic E-state index is -1.06. The highest BCUT2D eigenvalue weighted by Crippen LogP contribution is 2.24. The maximum absolute atomic E-state index is 12.5. The first-order valence-electron chi connectivity index (χ1n) is 6.82. The summed E-state index contributed by atoms with van der Waals surface area (Å²) in [6.45, 7) is 3.67. The van der Waals surface area contributed by atoms with Crippen molar-refractivity contribution in [3.05, 3.63) is 70.2 Å². The van der Waals surface area contributed by atoms with Crippen LogP contribution in [-0.4, -0.2) is 5.91 Å². The molecule has 0 aromatic heterocycles. The predicted molar refractivity (Wildman–Crippen MR) is 88.7 cm³/mol. The van der Waals surface area contributed by atoms with Gasteiger partial charge in [-0.3, -0.25) is 4.79 Å². The lowest BCUT2D eigenvalue weighted by atomic mass is 9.91. The fourth-order valence-electron chi connectivity index (χ4n) is 2.17. The number of hydrogen-bond donors (Lipinski definition) is 2. The molecule has 21 heavy (non-hydrogen) atoms. The summed E-state index contributed by atoms with van der Waals surface area (Å²) in [6.07, 6.45) is 0. The van der Waals surface area contributed by atoms with Gasteiger partial charge < -0.3 is 11.1 Å². The van der Waals surface area contributed by atoms with Crippen molar-refractivity contribution in [2.45, 2.75) is 25.4 Å². The SMILES string of the molecule is C[C@H](NC(=O)C(C)(N)c1ccccc1)c1ccccc1Br. The van der Waals surface area contributed by atoms with E-state index in [0.29, 0.717) is 0 Å². The van der Waals surface area contributed by atoms with Crippen LogP contribution >= 0.6 is 15.9 Å². The van der Waals surface area contributed by atoms with Gasteiger partial charge in [0.1, 0.15) is 5.54 Å². The third-order valence-corrected chi connectivity index (χ3v) is 4.29. The van der Waals surface area contributed by atoms with Crippen molar-refractivity contribution in [2.24, 2.45) is 5.73 Å². The van der Waals surface area contributed by atoms with Crippen LogP contribution in [0.2, 0.25) is 0 Å². The minimum absolute atomic E-state index is 0.125. The molecule has 0 bridgehead atoms. The molecule has 0 aliphatic carbocycles. The van der Waals surface area contributed by atoms with Crippen molar-refractivity contribution in [3.63, 3.8) is 0 Å². The number of benzene rings is 2. The second-order valence-electron chi connectivity index (χ2n) is 5.29. The molecule has 0 fully saturated rings. The molecular weight excluding hydrogens is 328 g/mol. The van der Waals surface area contributed by atoms with Crippen LogP contribution < -0.4 is 11.1 Å². The molecule has 1 unspecified atom stereocenters. The van der Waals surface area contributed by atoms with Gasteiger partial charge in [-0.2, -0.15) is 0 Å². The highest BCUT2D eigenvalue weighted by molar-refractivity contribution is 9.10. The standard InChI is InChI=1S/C17H19BrN2O/c1-12(14-10-6-7-11-15(14)18)20-16(21)17(2,19)13-8-4-3-5-9-13/h3-12H,19H2,1-2H3,(H,20,21)/t12-,17?/m0/s1. The Labute approximate surface area is 133 Å². The third-order valence-electron chi connectivity index (χ3n) is 3.56. The smallest absolute Gasteiger partial charge is 0.244 e. The van der Waals surface area contributed by atoms with Gasteiger partial charge in [0.15, 0.2) is 0 Å². The molecule has 4 heteroatoms. The molecule has 0 aliphatic rings. The summed E-state index contributed by atoms with van der Waals surface area (Å²) in [5, 5.41) is 2.98. The Morgan fingerprint density at radius 2 is 1.71 bits per heavy atom. The second kappa shape index (κ2) is 6.41. The van der Waals surface area contributed by atoms with E-state index in [1.165, 1.54) is 0 Å². The van der Waals surface area contributed by atoms with Crippen molar-refractivity contribution in [3.8, 4) is 0 Å².